The Hall–Kier alpha value is -1.98. The number of thiocarbonyl (C=S) groups is 1. The molecule has 0 unspecified atom stereocenters. The van der Waals surface area contributed by atoms with Crippen molar-refractivity contribution in [2.24, 2.45) is 0 Å². The van der Waals surface area contributed by atoms with E-state index in [1.807, 2.05) is 0 Å². The Morgan fingerprint density at radius 2 is 1.53 bits per heavy atom. The lowest BCUT2D eigenvalue weighted by molar-refractivity contribution is -0.122. The van der Waals surface area contributed by atoms with E-state index in [9.17, 15) is 9.59 Å². The summed E-state index contributed by atoms with van der Waals surface area (Å²) < 4.78 is 0. The summed E-state index contributed by atoms with van der Waals surface area (Å²) in [5.74, 6) is -0.821. The molecule has 1 N–H and O–H groups in total. The van der Waals surface area contributed by atoms with Gasteiger partial charge in [-0.25, -0.2) is 0 Å². The van der Waals surface area contributed by atoms with E-state index in [-0.39, 0.29) is 10.7 Å². The Morgan fingerprint density at radius 3 is 2.17 bits per heavy atom. The fourth-order valence-electron chi connectivity index (χ4n) is 3.29. The zero-order valence-electron chi connectivity index (χ0n) is 17.7. The van der Waals surface area contributed by atoms with Crippen LogP contribution in [0.1, 0.15) is 71.1 Å². The number of benzene rings is 1. The van der Waals surface area contributed by atoms with E-state index in [0.717, 1.165) is 25.7 Å². The van der Waals surface area contributed by atoms with Crippen LogP contribution in [0, 0.1) is 0 Å². The molecular formula is C24H31ClN2O2S. The average molecular weight is 447 g/mol. The number of hydrogen-bond donors (Lipinski definition) is 1. The molecule has 2 amide bonds. The topological polar surface area (TPSA) is 49.4 Å². The Balaban J connectivity index is 1.77. The zero-order valence-corrected chi connectivity index (χ0v) is 19.2. The molecule has 4 nitrogen and oxygen atoms in total. The van der Waals surface area contributed by atoms with Crippen LogP contribution in [0.25, 0.3) is 0 Å². The van der Waals surface area contributed by atoms with E-state index in [0.29, 0.717) is 17.1 Å². The van der Waals surface area contributed by atoms with Crippen LogP contribution >= 0.6 is 23.8 Å². The Bertz CT molecular complexity index is 787. The Morgan fingerprint density at radius 1 is 0.933 bits per heavy atom. The van der Waals surface area contributed by atoms with Gasteiger partial charge in [0.15, 0.2) is 5.11 Å². The maximum Gasteiger partial charge on any atom is 0.269 e. The molecule has 2 rings (SSSR count). The number of nitrogens with one attached hydrogen (secondary N) is 1. The molecule has 1 aliphatic heterocycles. The fourth-order valence-corrected chi connectivity index (χ4v) is 3.70. The van der Waals surface area contributed by atoms with Crippen LogP contribution in [0.5, 0.6) is 0 Å². The third-order valence-corrected chi connectivity index (χ3v) is 5.54. The fraction of sp³-hybridized carbons (Fsp3) is 0.458. The second kappa shape index (κ2) is 13.3. The van der Waals surface area contributed by atoms with E-state index in [1.54, 1.807) is 30.3 Å². The number of halogens is 1. The predicted octanol–water partition coefficient (Wildman–Crippen LogP) is 6.49. The highest BCUT2D eigenvalue weighted by Crippen LogP contribution is 2.23. The van der Waals surface area contributed by atoms with Crippen LogP contribution < -0.4 is 10.2 Å². The number of hydrogen-bond acceptors (Lipinski definition) is 3. The molecule has 0 aromatic heterocycles. The minimum Gasteiger partial charge on any atom is -0.298 e. The van der Waals surface area contributed by atoms with Crippen LogP contribution in [0.3, 0.4) is 0 Å². The highest BCUT2D eigenvalue weighted by atomic mass is 35.5. The van der Waals surface area contributed by atoms with Gasteiger partial charge in [-0.2, -0.15) is 0 Å². The van der Waals surface area contributed by atoms with Gasteiger partial charge in [-0.15, -0.1) is 0 Å². The smallest absolute Gasteiger partial charge is 0.269 e. The average Bonchev–Trinajstić information content (AvgIpc) is 2.72. The number of unbranched alkanes of at least 4 members (excludes halogenated alkanes) is 8. The lowest BCUT2D eigenvalue weighted by Gasteiger charge is -2.28. The summed E-state index contributed by atoms with van der Waals surface area (Å²) in [4.78, 5) is 26.4. The summed E-state index contributed by atoms with van der Waals surface area (Å²) in [7, 11) is 0. The lowest BCUT2D eigenvalue weighted by atomic mass is 10.1. The zero-order chi connectivity index (χ0) is 21.8. The summed E-state index contributed by atoms with van der Waals surface area (Å²) >= 11 is 11.1. The van der Waals surface area contributed by atoms with Gasteiger partial charge in [0, 0.05) is 5.02 Å². The number of carbonyl (C=O) groups excluding carboxylic acids is 2. The van der Waals surface area contributed by atoms with Crippen molar-refractivity contribution in [1.82, 2.24) is 5.32 Å². The molecule has 30 heavy (non-hydrogen) atoms. The van der Waals surface area contributed by atoms with Gasteiger partial charge in [0.25, 0.3) is 11.8 Å². The van der Waals surface area contributed by atoms with Gasteiger partial charge in [-0.1, -0.05) is 62.4 Å². The molecule has 0 radical (unpaired) electrons. The molecule has 1 saturated heterocycles. The standard InChI is InChI=1S/C24H31ClN2O2S/c1-2-3-4-5-6-7-8-9-10-11-12-13-14-21-22(28)26-24(30)27(23(21)29)20-17-15-19(25)16-18-20/h7-8,14-18H,2-6,9-13H2,1H3,(H,26,28,30)/b8-7+,21-14-. The molecule has 1 fully saturated rings. The van der Waals surface area contributed by atoms with Crippen molar-refractivity contribution in [3.63, 3.8) is 0 Å². The minimum absolute atomic E-state index is 0.0888. The molecule has 1 aromatic rings. The van der Waals surface area contributed by atoms with Gasteiger partial charge in [0.1, 0.15) is 5.57 Å². The van der Waals surface area contributed by atoms with Gasteiger partial charge in [-0.05, 0) is 75.0 Å². The van der Waals surface area contributed by atoms with Crippen LogP contribution in [0.4, 0.5) is 5.69 Å². The summed E-state index contributed by atoms with van der Waals surface area (Å²) in [6.45, 7) is 2.23. The molecule has 6 heteroatoms. The molecule has 0 saturated carbocycles. The largest absolute Gasteiger partial charge is 0.298 e. The quantitative estimate of drug-likeness (QED) is 0.131. The molecule has 1 aliphatic rings. The maximum absolute atomic E-state index is 12.8. The number of carbonyl (C=O) groups is 2. The number of anilines is 1. The van der Waals surface area contributed by atoms with Crippen LogP contribution in [0.15, 0.2) is 48.1 Å². The normalized spacial score (nSPS) is 16.0. The highest BCUT2D eigenvalue weighted by molar-refractivity contribution is 7.80. The first kappa shape index (κ1) is 24.3. The van der Waals surface area contributed by atoms with Crippen molar-refractivity contribution in [2.45, 2.75) is 71.1 Å². The van der Waals surface area contributed by atoms with Crippen LogP contribution in [-0.2, 0) is 9.59 Å². The van der Waals surface area contributed by atoms with Gasteiger partial charge in [-0.3, -0.25) is 19.8 Å². The van der Waals surface area contributed by atoms with E-state index in [2.05, 4.69) is 24.4 Å². The molecule has 162 valence electrons. The van der Waals surface area contributed by atoms with E-state index in [1.165, 1.54) is 37.0 Å². The second-order valence-corrected chi connectivity index (χ2v) is 8.28. The van der Waals surface area contributed by atoms with Crippen molar-refractivity contribution >= 4 is 46.4 Å². The molecule has 0 bridgehead atoms. The molecule has 1 aromatic carbocycles. The Kier molecular flexibility index (Phi) is 10.8. The summed E-state index contributed by atoms with van der Waals surface area (Å²) in [5, 5.41) is 3.26. The van der Waals surface area contributed by atoms with Crippen molar-refractivity contribution in [2.75, 3.05) is 4.90 Å². The van der Waals surface area contributed by atoms with Gasteiger partial charge in [0.05, 0.1) is 5.69 Å². The van der Waals surface area contributed by atoms with Gasteiger partial charge in [0.2, 0.25) is 0 Å². The number of amides is 2. The lowest BCUT2D eigenvalue weighted by Crippen LogP contribution is -2.54. The van der Waals surface area contributed by atoms with Crippen molar-refractivity contribution in [3.05, 3.63) is 53.1 Å². The highest BCUT2D eigenvalue weighted by Gasteiger charge is 2.34. The van der Waals surface area contributed by atoms with Crippen molar-refractivity contribution in [1.29, 1.82) is 0 Å². The maximum atomic E-state index is 12.8. The molecule has 0 aliphatic carbocycles. The summed E-state index contributed by atoms with van der Waals surface area (Å²) in [5.41, 5.74) is 0.729. The van der Waals surface area contributed by atoms with Gasteiger partial charge < -0.3 is 0 Å². The molecule has 0 spiro atoms. The summed E-state index contributed by atoms with van der Waals surface area (Å²) in [6.07, 6.45) is 17.6. The monoisotopic (exact) mass is 446 g/mol. The van der Waals surface area contributed by atoms with Gasteiger partial charge >= 0.3 is 0 Å². The van der Waals surface area contributed by atoms with Crippen LogP contribution in [-0.4, -0.2) is 16.9 Å². The predicted molar refractivity (Wildman–Crippen MR) is 129 cm³/mol. The molecular weight excluding hydrogens is 416 g/mol. The third-order valence-electron chi connectivity index (χ3n) is 5.00. The number of nitrogens with zero attached hydrogens (tertiary/aromatic N) is 1. The van der Waals surface area contributed by atoms with Crippen molar-refractivity contribution < 1.29 is 9.59 Å². The first-order valence-electron chi connectivity index (χ1n) is 10.8. The SMILES string of the molecule is CCCCCC/C=C/CCCCC/C=C1/C(=O)NC(=S)N(c2ccc(Cl)cc2)C1=O. The third kappa shape index (κ3) is 7.69. The minimum atomic E-state index is -0.429. The van der Waals surface area contributed by atoms with E-state index in [4.69, 9.17) is 23.8 Å². The number of allylic oxidation sites excluding steroid dienone is 3. The van der Waals surface area contributed by atoms with E-state index >= 15 is 0 Å². The molecule has 0 atom stereocenters. The first-order chi connectivity index (χ1) is 14.5. The second-order valence-electron chi connectivity index (χ2n) is 7.45. The first-order valence-corrected chi connectivity index (χ1v) is 11.6. The Labute approximate surface area is 190 Å². The molecule has 1 heterocycles. The van der Waals surface area contributed by atoms with E-state index < -0.39 is 11.8 Å². The summed E-state index contributed by atoms with van der Waals surface area (Å²) in [6, 6.07) is 6.79. The van der Waals surface area contributed by atoms with Crippen molar-refractivity contribution in [3.8, 4) is 0 Å². The van der Waals surface area contributed by atoms with Crippen LogP contribution in [0.2, 0.25) is 5.02 Å². The number of rotatable bonds is 12.